The lowest BCUT2D eigenvalue weighted by molar-refractivity contribution is 0.0707. The van der Waals surface area contributed by atoms with Gasteiger partial charge in [-0.2, -0.15) is 0 Å². The van der Waals surface area contributed by atoms with E-state index in [9.17, 15) is 13.6 Å². The summed E-state index contributed by atoms with van der Waals surface area (Å²) in [5.41, 5.74) is -0.562. The van der Waals surface area contributed by atoms with Gasteiger partial charge in [0, 0.05) is 11.1 Å². The standard InChI is InChI=1S/C13H14BrF2NO2/c1-7(11-3-2-4-19-11)17-13(18)12-9(15)5-8(14)6-10(12)16/h5-7,11H,2-4H2,1H3,(H,17,18). The van der Waals surface area contributed by atoms with Gasteiger partial charge in [0.1, 0.15) is 17.2 Å². The predicted octanol–water partition coefficient (Wildman–Crippen LogP) is 3.02. The molecule has 1 aromatic rings. The molecule has 0 bridgehead atoms. The van der Waals surface area contributed by atoms with Gasteiger partial charge >= 0.3 is 0 Å². The molecule has 0 spiro atoms. The lowest BCUT2D eigenvalue weighted by atomic mass is 10.1. The van der Waals surface area contributed by atoms with Crippen LogP contribution in [0, 0.1) is 11.6 Å². The number of hydrogen-bond donors (Lipinski definition) is 1. The molecule has 1 heterocycles. The molecule has 2 rings (SSSR count). The van der Waals surface area contributed by atoms with Gasteiger partial charge in [-0.05, 0) is 31.9 Å². The number of nitrogens with one attached hydrogen (secondary N) is 1. The van der Waals surface area contributed by atoms with Crippen molar-refractivity contribution in [1.82, 2.24) is 5.32 Å². The van der Waals surface area contributed by atoms with E-state index in [4.69, 9.17) is 4.74 Å². The van der Waals surface area contributed by atoms with Crippen LogP contribution in [-0.4, -0.2) is 24.7 Å². The summed E-state index contributed by atoms with van der Waals surface area (Å²) in [6.45, 7) is 2.43. The first kappa shape index (κ1) is 14.4. The summed E-state index contributed by atoms with van der Waals surface area (Å²) in [4.78, 5) is 11.9. The van der Waals surface area contributed by atoms with Gasteiger partial charge in [0.2, 0.25) is 0 Å². The predicted molar refractivity (Wildman–Crippen MR) is 70.0 cm³/mol. The Morgan fingerprint density at radius 1 is 1.47 bits per heavy atom. The van der Waals surface area contributed by atoms with Crippen molar-refractivity contribution in [2.45, 2.75) is 31.9 Å². The first-order valence-electron chi connectivity index (χ1n) is 6.06. The molecule has 0 aliphatic carbocycles. The van der Waals surface area contributed by atoms with E-state index in [0.717, 1.165) is 25.0 Å². The molecule has 2 atom stereocenters. The topological polar surface area (TPSA) is 38.3 Å². The van der Waals surface area contributed by atoms with Crippen molar-refractivity contribution in [3.05, 3.63) is 33.8 Å². The third kappa shape index (κ3) is 3.30. The Morgan fingerprint density at radius 3 is 2.63 bits per heavy atom. The van der Waals surface area contributed by atoms with Crippen molar-refractivity contribution in [2.75, 3.05) is 6.61 Å². The number of hydrogen-bond acceptors (Lipinski definition) is 2. The molecule has 0 saturated carbocycles. The minimum Gasteiger partial charge on any atom is -0.376 e. The van der Waals surface area contributed by atoms with E-state index in [1.54, 1.807) is 6.92 Å². The summed E-state index contributed by atoms with van der Waals surface area (Å²) in [6, 6.07) is 1.85. The molecule has 104 valence electrons. The van der Waals surface area contributed by atoms with Gasteiger partial charge in [-0.15, -0.1) is 0 Å². The number of ether oxygens (including phenoxy) is 1. The van der Waals surface area contributed by atoms with Crippen LogP contribution in [0.1, 0.15) is 30.1 Å². The maximum atomic E-state index is 13.6. The molecular weight excluding hydrogens is 320 g/mol. The van der Waals surface area contributed by atoms with E-state index in [0.29, 0.717) is 6.61 Å². The Labute approximate surface area is 118 Å². The number of carbonyl (C=O) groups excluding carboxylic acids is 1. The zero-order valence-corrected chi connectivity index (χ0v) is 12.0. The van der Waals surface area contributed by atoms with Crippen molar-refractivity contribution in [1.29, 1.82) is 0 Å². The second kappa shape index (κ2) is 5.96. The van der Waals surface area contributed by atoms with Crippen LogP contribution in [0.25, 0.3) is 0 Å². The summed E-state index contributed by atoms with van der Waals surface area (Å²) in [5.74, 6) is -2.53. The maximum Gasteiger partial charge on any atom is 0.257 e. The van der Waals surface area contributed by atoms with Crippen LogP contribution in [0.3, 0.4) is 0 Å². The largest absolute Gasteiger partial charge is 0.376 e. The minimum atomic E-state index is -0.885. The average Bonchev–Trinajstić information content (AvgIpc) is 2.80. The van der Waals surface area contributed by atoms with E-state index < -0.39 is 23.1 Å². The van der Waals surface area contributed by atoms with Crippen molar-refractivity contribution in [3.8, 4) is 0 Å². The molecule has 0 aromatic heterocycles. The van der Waals surface area contributed by atoms with Crippen LogP contribution in [-0.2, 0) is 4.74 Å². The molecule has 3 nitrogen and oxygen atoms in total. The SMILES string of the molecule is CC(NC(=O)c1c(F)cc(Br)cc1F)C1CCCO1. The normalized spacial score (nSPS) is 20.3. The van der Waals surface area contributed by atoms with Gasteiger partial charge in [0.15, 0.2) is 0 Å². The van der Waals surface area contributed by atoms with Crippen molar-refractivity contribution >= 4 is 21.8 Å². The molecule has 1 aliphatic rings. The number of amides is 1. The molecule has 2 unspecified atom stereocenters. The molecule has 19 heavy (non-hydrogen) atoms. The molecule has 1 amide bonds. The van der Waals surface area contributed by atoms with Gasteiger partial charge in [0.25, 0.3) is 5.91 Å². The monoisotopic (exact) mass is 333 g/mol. The molecule has 1 aromatic carbocycles. The van der Waals surface area contributed by atoms with Crippen LogP contribution in [0.5, 0.6) is 0 Å². The minimum absolute atomic E-state index is 0.0921. The number of carbonyl (C=O) groups is 1. The van der Waals surface area contributed by atoms with Crippen LogP contribution in [0.2, 0.25) is 0 Å². The Kier molecular flexibility index (Phi) is 4.52. The number of benzene rings is 1. The second-order valence-corrected chi connectivity index (χ2v) is 5.47. The molecule has 1 fully saturated rings. The van der Waals surface area contributed by atoms with Crippen LogP contribution >= 0.6 is 15.9 Å². The summed E-state index contributed by atoms with van der Waals surface area (Å²) in [7, 11) is 0. The number of rotatable bonds is 3. The highest BCUT2D eigenvalue weighted by Crippen LogP contribution is 2.20. The summed E-state index contributed by atoms with van der Waals surface area (Å²) in [5, 5.41) is 2.58. The summed E-state index contributed by atoms with van der Waals surface area (Å²) in [6.07, 6.45) is 1.68. The van der Waals surface area contributed by atoms with Gasteiger partial charge in [0.05, 0.1) is 12.1 Å². The fourth-order valence-corrected chi connectivity index (χ4v) is 2.53. The third-order valence-corrected chi connectivity index (χ3v) is 3.57. The van der Waals surface area contributed by atoms with E-state index in [-0.39, 0.29) is 16.6 Å². The molecular formula is C13H14BrF2NO2. The zero-order chi connectivity index (χ0) is 14.0. The second-order valence-electron chi connectivity index (χ2n) is 4.56. The van der Waals surface area contributed by atoms with Gasteiger partial charge in [-0.25, -0.2) is 8.78 Å². The van der Waals surface area contributed by atoms with Crippen molar-refractivity contribution in [2.24, 2.45) is 0 Å². The fraction of sp³-hybridized carbons (Fsp3) is 0.462. The highest BCUT2D eigenvalue weighted by atomic mass is 79.9. The highest BCUT2D eigenvalue weighted by molar-refractivity contribution is 9.10. The van der Waals surface area contributed by atoms with Crippen LogP contribution in [0.4, 0.5) is 8.78 Å². The van der Waals surface area contributed by atoms with Crippen LogP contribution in [0.15, 0.2) is 16.6 Å². The lowest BCUT2D eigenvalue weighted by Gasteiger charge is -2.20. The van der Waals surface area contributed by atoms with E-state index >= 15 is 0 Å². The smallest absolute Gasteiger partial charge is 0.257 e. The van der Waals surface area contributed by atoms with Gasteiger partial charge < -0.3 is 10.1 Å². The first-order valence-corrected chi connectivity index (χ1v) is 6.85. The zero-order valence-electron chi connectivity index (χ0n) is 10.4. The molecule has 0 radical (unpaired) electrons. The van der Waals surface area contributed by atoms with Crippen molar-refractivity contribution < 1.29 is 18.3 Å². The van der Waals surface area contributed by atoms with Crippen molar-refractivity contribution in [3.63, 3.8) is 0 Å². The lowest BCUT2D eigenvalue weighted by Crippen LogP contribution is -2.41. The average molecular weight is 334 g/mol. The number of halogens is 3. The van der Waals surface area contributed by atoms with Gasteiger partial charge in [-0.3, -0.25) is 4.79 Å². The van der Waals surface area contributed by atoms with Crippen LogP contribution < -0.4 is 5.32 Å². The summed E-state index contributed by atoms with van der Waals surface area (Å²) >= 11 is 2.97. The fourth-order valence-electron chi connectivity index (χ4n) is 2.13. The van der Waals surface area contributed by atoms with E-state index in [2.05, 4.69) is 21.2 Å². The Morgan fingerprint density at radius 2 is 2.11 bits per heavy atom. The summed E-state index contributed by atoms with van der Waals surface area (Å²) < 4.78 is 32.9. The Hall–Kier alpha value is -1.01. The van der Waals surface area contributed by atoms with E-state index in [1.165, 1.54) is 0 Å². The first-order chi connectivity index (χ1) is 8.99. The molecule has 1 aliphatic heterocycles. The maximum absolute atomic E-state index is 13.6. The highest BCUT2D eigenvalue weighted by Gasteiger charge is 2.26. The molecule has 1 saturated heterocycles. The Bertz CT molecular complexity index is 467. The molecule has 6 heteroatoms. The van der Waals surface area contributed by atoms with E-state index in [1.807, 2.05) is 0 Å². The quantitative estimate of drug-likeness (QED) is 0.923. The molecule has 1 N–H and O–H groups in total. The Balaban J connectivity index is 2.11. The van der Waals surface area contributed by atoms with Gasteiger partial charge in [-0.1, -0.05) is 15.9 Å². The third-order valence-electron chi connectivity index (χ3n) is 3.12.